The lowest BCUT2D eigenvalue weighted by atomic mass is 10.2. The predicted octanol–water partition coefficient (Wildman–Crippen LogP) is 1.22. The zero-order valence-electron chi connectivity index (χ0n) is 9.20. The molecule has 15 heavy (non-hydrogen) atoms. The lowest BCUT2D eigenvalue weighted by Gasteiger charge is -2.00. The topological polar surface area (TPSA) is 50.9 Å². The van der Waals surface area contributed by atoms with Gasteiger partial charge in [0, 0.05) is 13.5 Å². The average molecular weight is 213 g/mol. The molecule has 0 aromatic rings. The fourth-order valence-electron chi connectivity index (χ4n) is 1.10. The summed E-state index contributed by atoms with van der Waals surface area (Å²) in [5.41, 5.74) is 0. The summed E-state index contributed by atoms with van der Waals surface area (Å²) in [6.45, 7) is 3.90. The van der Waals surface area contributed by atoms with Crippen LogP contribution >= 0.6 is 0 Å². The predicted molar refractivity (Wildman–Crippen MR) is 57.4 cm³/mol. The van der Waals surface area contributed by atoms with Crippen molar-refractivity contribution in [3.8, 4) is 0 Å². The molecule has 1 rings (SSSR count). The second kappa shape index (κ2) is 7.43. The number of hydrogen-bond acceptors (Lipinski definition) is 3. The molecule has 0 spiro atoms. The highest BCUT2D eigenvalue weighted by molar-refractivity contribution is 5.73. The van der Waals surface area contributed by atoms with Crippen LogP contribution in [-0.2, 0) is 14.3 Å². The summed E-state index contributed by atoms with van der Waals surface area (Å²) in [7, 11) is 0. The van der Waals surface area contributed by atoms with Gasteiger partial charge in [-0.3, -0.25) is 4.79 Å². The normalized spacial score (nSPS) is 19.4. The Kier molecular flexibility index (Phi) is 6.04. The molecular formula is C11H19NO3. The van der Waals surface area contributed by atoms with E-state index in [-0.39, 0.29) is 5.91 Å². The first kappa shape index (κ1) is 12.2. The number of carbonyl (C=O) groups excluding carboxylic acids is 1. The fraction of sp³-hybridized carbons (Fsp3) is 0.727. The number of hydrogen-bond donors (Lipinski definition) is 1. The summed E-state index contributed by atoms with van der Waals surface area (Å²) < 4.78 is 10.4. The second-order valence-electron chi connectivity index (χ2n) is 3.63. The summed E-state index contributed by atoms with van der Waals surface area (Å²) in [4.78, 5) is 10.5. The summed E-state index contributed by atoms with van der Waals surface area (Å²) in [6, 6.07) is 0. The number of carbonyl (C=O) groups is 1. The van der Waals surface area contributed by atoms with E-state index in [9.17, 15) is 4.79 Å². The number of allylic oxidation sites excluding steroid dienone is 1. The fourth-order valence-corrected chi connectivity index (χ4v) is 1.10. The Bertz CT molecular complexity index is 212. The smallest absolute Gasteiger partial charge is 0.220 e. The minimum Gasteiger partial charge on any atom is -0.379 e. The maximum absolute atomic E-state index is 10.5. The van der Waals surface area contributed by atoms with Crippen LogP contribution in [0, 0.1) is 0 Å². The minimum absolute atomic E-state index is 0.0287. The molecule has 0 saturated carbocycles. The third-order valence-electron chi connectivity index (χ3n) is 2.02. The first-order valence-corrected chi connectivity index (χ1v) is 5.40. The monoisotopic (exact) mass is 213 g/mol. The van der Waals surface area contributed by atoms with Crippen LogP contribution in [0.3, 0.4) is 0 Å². The number of unbranched alkanes of at least 4 members (excludes halogenated alkanes) is 2. The summed E-state index contributed by atoms with van der Waals surface area (Å²) in [6.07, 6.45) is 7.14. The molecule has 4 nitrogen and oxygen atoms in total. The van der Waals surface area contributed by atoms with Crippen molar-refractivity contribution >= 4 is 5.91 Å². The number of amides is 1. The molecule has 1 unspecified atom stereocenters. The van der Waals surface area contributed by atoms with Crippen LogP contribution < -0.4 is 5.32 Å². The highest BCUT2D eigenvalue weighted by Crippen LogP contribution is 2.08. The summed E-state index contributed by atoms with van der Waals surface area (Å²) in [5.74, 6) is -0.0287. The Balaban J connectivity index is 1.75. The van der Waals surface area contributed by atoms with Gasteiger partial charge in [-0.15, -0.1) is 0 Å². The molecule has 1 aliphatic rings. The largest absolute Gasteiger partial charge is 0.379 e. The Morgan fingerprint density at radius 2 is 2.40 bits per heavy atom. The van der Waals surface area contributed by atoms with Crippen LogP contribution in [0.1, 0.15) is 26.2 Å². The van der Waals surface area contributed by atoms with Crippen molar-refractivity contribution in [1.29, 1.82) is 0 Å². The zero-order valence-corrected chi connectivity index (χ0v) is 9.20. The molecule has 0 aromatic carbocycles. The van der Waals surface area contributed by atoms with Crippen molar-refractivity contribution in [2.45, 2.75) is 32.3 Å². The molecule has 1 amide bonds. The maximum Gasteiger partial charge on any atom is 0.220 e. The van der Waals surface area contributed by atoms with Gasteiger partial charge in [0.1, 0.15) is 6.10 Å². The molecule has 4 heteroatoms. The SMILES string of the molecule is CC(=O)NC=CCCCCOCC1CO1. The van der Waals surface area contributed by atoms with Crippen LogP contribution in [0.25, 0.3) is 0 Å². The molecule has 0 radical (unpaired) electrons. The molecule has 1 fully saturated rings. The van der Waals surface area contributed by atoms with Crippen LogP contribution in [0.15, 0.2) is 12.3 Å². The van der Waals surface area contributed by atoms with Crippen molar-refractivity contribution in [2.24, 2.45) is 0 Å². The summed E-state index contributed by atoms with van der Waals surface area (Å²) >= 11 is 0. The molecule has 0 aromatic heterocycles. The van der Waals surface area contributed by atoms with E-state index in [1.54, 1.807) is 6.20 Å². The van der Waals surface area contributed by atoms with Gasteiger partial charge in [0.05, 0.1) is 13.2 Å². The van der Waals surface area contributed by atoms with E-state index in [0.717, 1.165) is 39.1 Å². The number of epoxide rings is 1. The van der Waals surface area contributed by atoms with E-state index in [0.29, 0.717) is 6.10 Å². The quantitative estimate of drug-likeness (QED) is 0.487. The van der Waals surface area contributed by atoms with Crippen molar-refractivity contribution < 1.29 is 14.3 Å². The third kappa shape index (κ3) is 8.15. The van der Waals surface area contributed by atoms with Gasteiger partial charge >= 0.3 is 0 Å². The standard InChI is InChI=1S/C11H19NO3/c1-10(13)12-6-4-2-3-5-7-14-8-11-9-15-11/h4,6,11H,2-3,5,7-9H2,1H3,(H,12,13). The Labute approximate surface area is 90.6 Å². The van der Waals surface area contributed by atoms with Gasteiger partial charge in [0.15, 0.2) is 0 Å². The third-order valence-corrected chi connectivity index (χ3v) is 2.02. The van der Waals surface area contributed by atoms with Gasteiger partial charge in [-0.25, -0.2) is 0 Å². The van der Waals surface area contributed by atoms with Crippen LogP contribution in [0.4, 0.5) is 0 Å². The van der Waals surface area contributed by atoms with Gasteiger partial charge in [0.2, 0.25) is 5.91 Å². The van der Waals surface area contributed by atoms with Gasteiger partial charge in [-0.2, -0.15) is 0 Å². The maximum atomic E-state index is 10.5. The van der Waals surface area contributed by atoms with E-state index in [1.165, 1.54) is 6.92 Å². The summed E-state index contributed by atoms with van der Waals surface area (Å²) in [5, 5.41) is 2.60. The Hall–Kier alpha value is -0.870. The van der Waals surface area contributed by atoms with Gasteiger partial charge < -0.3 is 14.8 Å². The molecule has 1 heterocycles. The molecule has 1 atom stereocenters. The molecule has 1 saturated heterocycles. The van der Waals surface area contributed by atoms with E-state index in [2.05, 4.69) is 5.32 Å². The van der Waals surface area contributed by atoms with Crippen LogP contribution in [-0.4, -0.2) is 31.8 Å². The van der Waals surface area contributed by atoms with Gasteiger partial charge in [-0.05, 0) is 25.5 Å². The second-order valence-corrected chi connectivity index (χ2v) is 3.63. The lowest BCUT2D eigenvalue weighted by Crippen LogP contribution is -2.11. The van der Waals surface area contributed by atoms with E-state index in [4.69, 9.17) is 9.47 Å². The minimum atomic E-state index is -0.0287. The number of rotatable bonds is 8. The molecule has 1 N–H and O–H groups in total. The van der Waals surface area contributed by atoms with Crippen LogP contribution in [0.5, 0.6) is 0 Å². The van der Waals surface area contributed by atoms with Gasteiger partial charge in [-0.1, -0.05) is 6.08 Å². The molecule has 0 bridgehead atoms. The van der Waals surface area contributed by atoms with Crippen LogP contribution in [0.2, 0.25) is 0 Å². The number of ether oxygens (including phenoxy) is 2. The van der Waals surface area contributed by atoms with Crippen molar-refractivity contribution in [2.75, 3.05) is 19.8 Å². The zero-order chi connectivity index (χ0) is 10.9. The Morgan fingerprint density at radius 3 is 3.07 bits per heavy atom. The highest BCUT2D eigenvalue weighted by atomic mass is 16.6. The number of nitrogens with one attached hydrogen (secondary N) is 1. The van der Waals surface area contributed by atoms with E-state index >= 15 is 0 Å². The molecular weight excluding hydrogens is 194 g/mol. The Morgan fingerprint density at radius 1 is 1.60 bits per heavy atom. The van der Waals surface area contributed by atoms with E-state index < -0.39 is 0 Å². The average Bonchev–Trinajstić information content (AvgIpc) is 2.98. The first-order chi connectivity index (χ1) is 7.29. The van der Waals surface area contributed by atoms with Gasteiger partial charge in [0.25, 0.3) is 0 Å². The molecule has 86 valence electrons. The van der Waals surface area contributed by atoms with E-state index in [1.807, 2.05) is 6.08 Å². The molecule has 1 aliphatic heterocycles. The first-order valence-electron chi connectivity index (χ1n) is 5.40. The van der Waals surface area contributed by atoms with Crippen molar-refractivity contribution in [3.63, 3.8) is 0 Å². The van der Waals surface area contributed by atoms with Crippen molar-refractivity contribution in [3.05, 3.63) is 12.3 Å². The highest BCUT2D eigenvalue weighted by Gasteiger charge is 2.21. The van der Waals surface area contributed by atoms with Crippen molar-refractivity contribution in [1.82, 2.24) is 5.32 Å². The lowest BCUT2D eigenvalue weighted by molar-refractivity contribution is -0.118. The molecule has 0 aliphatic carbocycles.